The molecule has 5 aromatic rings. The molecule has 0 radical (unpaired) electrons. The predicted molar refractivity (Wildman–Crippen MR) is 182 cm³/mol. The molecule has 0 bridgehead atoms. The number of nitrogens with zero attached hydrogens (tertiary/aromatic N) is 4. The van der Waals surface area contributed by atoms with Gasteiger partial charge in [0.25, 0.3) is 0 Å². The van der Waals surface area contributed by atoms with Crippen LogP contribution in [0.15, 0.2) is 91.3 Å². The van der Waals surface area contributed by atoms with E-state index in [1.807, 2.05) is 56.6 Å². The van der Waals surface area contributed by atoms with Gasteiger partial charge in [-0.1, -0.05) is 48.5 Å². The van der Waals surface area contributed by atoms with E-state index in [1.165, 1.54) is 16.3 Å². The summed E-state index contributed by atoms with van der Waals surface area (Å²) in [6.45, 7) is 7.18. The van der Waals surface area contributed by atoms with E-state index in [9.17, 15) is 0 Å². The molecule has 1 aliphatic rings. The molecule has 0 saturated carbocycles. The second-order valence-corrected chi connectivity index (χ2v) is 11.7. The number of pyridine rings is 2. The normalized spacial score (nSPS) is 16.1. The standard InChI is InChI=1S/C29H32N4O2.C9H13NO/c1-21-6-4-9-26(33-21)10-5-15-34-29-31-17-25(18-32-29)27-13-14-30-19-28(27)35-20-22-11-12-23-7-2-3-8-24(23)16-22;1-8-4-2-5-9(10-8)6-3-7-11/h2-4,6-9,11-12,16-18,27-28,30H,5,10,13-15,19-20H2,1H3;2,4-5,11H,3,6-7H2,1H3. The van der Waals surface area contributed by atoms with Crippen LogP contribution in [0.1, 0.15) is 59.1 Å². The van der Waals surface area contributed by atoms with E-state index in [4.69, 9.17) is 14.6 Å². The van der Waals surface area contributed by atoms with Crippen LogP contribution < -0.4 is 10.1 Å². The zero-order valence-corrected chi connectivity index (χ0v) is 26.9. The number of ether oxygens (including phenoxy) is 2. The van der Waals surface area contributed by atoms with Gasteiger partial charge in [-0.25, -0.2) is 9.97 Å². The smallest absolute Gasteiger partial charge is 0.316 e. The molecule has 1 fully saturated rings. The predicted octanol–water partition coefficient (Wildman–Crippen LogP) is 6.32. The lowest BCUT2D eigenvalue weighted by atomic mass is 9.89. The number of aliphatic hydroxyl groups excluding tert-OH is 1. The number of nitrogens with one attached hydrogen (secondary N) is 1. The lowest BCUT2D eigenvalue weighted by molar-refractivity contribution is 0.0105. The quantitative estimate of drug-likeness (QED) is 0.157. The van der Waals surface area contributed by atoms with Crippen molar-refractivity contribution in [2.45, 2.75) is 64.6 Å². The Bertz CT molecular complexity index is 1650. The number of rotatable bonds is 12. The SMILES string of the molecule is Cc1cccc(CCCO)n1.Cc1cccc(CCCOc2ncc(C3CCNCC3OCc3ccc4ccccc4c3)cn2)n1. The van der Waals surface area contributed by atoms with Crippen molar-refractivity contribution >= 4 is 10.8 Å². The molecule has 8 heteroatoms. The third-order valence-corrected chi connectivity index (χ3v) is 8.07. The summed E-state index contributed by atoms with van der Waals surface area (Å²) in [6.07, 6.45) is 8.29. The molecule has 1 saturated heterocycles. The first-order valence-electron chi connectivity index (χ1n) is 16.3. The molecule has 1 aliphatic heterocycles. The fourth-order valence-electron chi connectivity index (χ4n) is 5.66. The minimum atomic E-state index is 0.0763. The van der Waals surface area contributed by atoms with E-state index in [2.05, 4.69) is 73.8 Å². The zero-order chi connectivity index (χ0) is 32.0. The highest BCUT2D eigenvalue weighted by molar-refractivity contribution is 5.82. The molecule has 8 nitrogen and oxygen atoms in total. The Hall–Kier alpha value is -4.24. The average Bonchev–Trinajstić information content (AvgIpc) is 3.09. The minimum absolute atomic E-state index is 0.0763. The number of hydrogen-bond donors (Lipinski definition) is 2. The highest BCUT2D eigenvalue weighted by Gasteiger charge is 2.28. The summed E-state index contributed by atoms with van der Waals surface area (Å²) in [4.78, 5) is 17.8. The van der Waals surface area contributed by atoms with Gasteiger partial charge in [0.2, 0.25) is 0 Å². The van der Waals surface area contributed by atoms with Crippen molar-refractivity contribution in [1.29, 1.82) is 0 Å². The first kappa shape index (κ1) is 33.1. The van der Waals surface area contributed by atoms with Crippen LogP contribution in [0.25, 0.3) is 10.8 Å². The van der Waals surface area contributed by atoms with E-state index in [-0.39, 0.29) is 18.6 Å². The van der Waals surface area contributed by atoms with E-state index >= 15 is 0 Å². The van der Waals surface area contributed by atoms with Crippen molar-refractivity contribution in [2.24, 2.45) is 0 Å². The number of aromatic nitrogens is 4. The van der Waals surface area contributed by atoms with Crippen LogP contribution in [0, 0.1) is 13.8 Å². The van der Waals surface area contributed by atoms with Crippen LogP contribution in [0.5, 0.6) is 6.01 Å². The third-order valence-electron chi connectivity index (χ3n) is 8.07. The average molecular weight is 620 g/mol. The fraction of sp³-hybridized carbons (Fsp3) is 0.368. The number of hydrogen-bond acceptors (Lipinski definition) is 8. The number of piperidine rings is 1. The lowest BCUT2D eigenvalue weighted by Gasteiger charge is -2.32. The molecule has 2 N–H and O–H groups in total. The number of aryl methyl sites for hydroxylation is 4. The van der Waals surface area contributed by atoms with Crippen molar-refractivity contribution < 1.29 is 14.6 Å². The molecule has 6 rings (SSSR count). The fourth-order valence-corrected chi connectivity index (χ4v) is 5.66. The Morgan fingerprint density at radius 2 is 1.50 bits per heavy atom. The molecule has 3 aromatic heterocycles. The first-order chi connectivity index (χ1) is 22.6. The Kier molecular flexibility index (Phi) is 12.6. The molecular weight excluding hydrogens is 574 g/mol. The molecule has 240 valence electrons. The van der Waals surface area contributed by atoms with Gasteiger partial charge in [-0.15, -0.1) is 0 Å². The molecule has 0 aliphatic carbocycles. The number of aliphatic hydroxyl groups is 1. The summed E-state index contributed by atoms with van der Waals surface area (Å²) in [5.41, 5.74) is 6.53. The summed E-state index contributed by atoms with van der Waals surface area (Å²) in [6, 6.07) is 27.4. The van der Waals surface area contributed by atoms with Gasteiger partial charge in [0.1, 0.15) is 0 Å². The van der Waals surface area contributed by atoms with Crippen molar-refractivity contribution in [3.05, 3.63) is 125 Å². The highest BCUT2D eigenvalue weighted by atomic mass is 16.5. The molecular formula is C38H45N5O3. The maximum Gasteiger partial charge on any atom is 0.316 e. The third kappa shape index (κ3) is 10.1. The van der Waals surface area contributed by atoms with Crippen molar-refractivity contribution in [1.82, 2.24) is 25.3 Å². The van der Waals surface area contributed by atoms with Crippen molar-refractivity contribution in [2.75, 3.05) is 26.3 Å². The molecule has 46 heavy (non-hydrogen) atoms. The topological polar surface area (TPSA) is 102 Å². The van der Waals surface area contributed by atoms with E-state index in [1.54, 1.807) is 0 Å². The minimum Gasteiger partial charge on any atom is -0.463 e. The van der Waals surface area contributed by atoms with Crippen LogP contribution in [0.3, 0.4) is 0 Å². The van der Waals surface area contributed by atoms with Crippen molar-refractivity contribution in [3.8, 4) is 6.01 Å². The van der Waals surface area contributed by atoms with Gasteiger partial charge in [-0.3, -0.25) is 9.97 Å². The van der Waals surface area contributed by atoms with Crippen LogP contribution in [0.4, 0.5) is 0 Å². The second kappa shape index (κ2) is 17.5. The second-order valence-electron chi connectivity index (χ2n) is 11.7. The van der Waals surface area contributed by atoms with Crippen LogP contribution in [0.2, 0.25) is 0 Å². The largest absolute Gasteiger partial charge is 0.463 e. The van der Waals surface area contributed by atoms with Crippen LogP contribution in [-0.2, 0) is 24.2 Å². The van der Waals surface area contributed by atoms with E-state index < -0.39 is 0 Å². The van der Waals surface area contributed by atoms with Gasteiger partial charge in [-0.05, 0) is 105 Å². The Labute approximate surface area is 272 Å². The summed E-state index contributed by atoms with van der Waals surface area (Å²) >= 11 is 0. The summed E-state index contributed by atoms with van der Waals surface area (Å²) in [5.74, 6) is 0.262. The lowest BCUT2D eigenvalue weighted by Crippen LogP contribution is -2.41. The number of benzene rings is 2. The van der Waals surface area contributed by atoms with Gasteiger partial charge >= 0.3 is 6.01 Å². The van der Waals surface area contributed by atoms with Crippen LogP contribution >= 0.6 is 0 Å². The molecule has 4 heterocycles. The highest BCUT2D eigenvalue weighted by Crippen LogP contribution is 2.28. The maximum atomic E-state index is 8.57. The Morgan fingerprint density at radius 1 is 0.804 bits per heavy atom. The van der Waals surface area contributed by atoms with Gasteiger partial charge in [0.05, 0.1) is 19.3 Å². The summed E-state index contributed by atoms with van der Waals surface area (Å²) in [7, 11) is 0. The van der Waals surface area contributed by atoms with Gasteiger partial charge in [-0.2, -0.15) is 0 Å². The van der Waals surface area contributed by atoms with Crippen LogP contribution in [-0.4, -0.2) is 57.4 Å². The summed E-state index contributed by atoms with van der Waals surface area (Å²) in [5, 5.41) is 14.5. The Morgan fingerprint density at radius 3 is 2.20 bits per heavy atom. The van der Waals surface area contributed by atoms with E-state index in [0.717, 1.165) is 73.5 Å². The maximum absolute atomic E-state index is 8.57. The van der Waals surface area contributed by atoms with Gasteiger partial charge < -0.3 is 19.9 Å². The molecule has 2 aromatic carbocycles. The van der Waals surface area contributed by atoms with Gasteiger partial charge in [0.15, 0.2) is 0 Å². The monoisotopic (exact) mass is 619 g/mol. The van der Waals surface area contributed by atoms with E-state index in [0.29, 0.717) is 19.2 Å². The van der Waals surface area contributed by atoms with Gasteiger partial charge in [0, 0.05) is 54.2 Å². The number of fused-ring (bicyclic) bond motifs is 1. The molecule has 2 atom stereocenters. The molecule has 0 amide bonds. The summed E-state index contributed by atoms with van der Waals surface area (Å²) < 4.78 is 12.2. The van der Waals surface area contributed by atoms with Crippen molar-refractivity contribution in [3.63, 3.8) is 0 Å². The zero-order valence-electron chi connectivity index (χ0n) is 26.9. The molecule has 0 spiro atoms. The first-order valence-corrected chi connectivity index (χ1v) is 16.3. The Balaban J connectivity index is 0.000000322. The molecule has 2 unspecified atom stereocenters.